The summed E-state index contributed by atoms with van der Waals surface area (Å²) in [6.07, 6.45) is 18.9. The molecule has 0 aliphatic heterocycles. The minimum absolute atomic E-state index is 0.0842. The van der Waals surface area contributed by atoms with Crippen LogP contribution in [0.15, 0.2) is 23.8 Å². The van der Waals surface area contributed by atoms with E-state index in [-0.39, 0.29) is 6.10 Å². The van der Waals surface area contributed by atoms with E-state index in [1.54, 1.807) is 5.57 Å². The van der Waals surface area contributed by atoms with Crippen LogP contribution in [0, 0.1) is 46.3 Å². The fourth-order valence-corrected chi connectivity index (χ4v) is 8.25. The van der Waals surface area contributed by atoms with E-state index in [0.717, 1.165) is 48.3 Å². The molecule has 8 atom stereocenters. The van der Waals surface area contributed by atoms with Crippen molar-refractivity contribution in [3.63, 3.8) is 0 Å². The van der Waals surface area contributed by atoms with Gasteiger partial charge in [0.1, 0.15) is 0 Å². The zero-order chi connectivity index (χ0) is 20.1. The van der Waals surface area contributed by atoms with Gasteiger partial charge in [0, 0.05) is 0 Å². The van der Waals surface area contributed by atoms with Gasteiger partial charge >= 0.3 is 0 Å². The standard InChI is InChI=1S/C27H44O/c1-18(2)7-6-8-19(3)23-11-12-24-22-10-9-20-17-21(28)13-15-26(20,4)25(22)14-16-27(23,24)5/h6,8-9,18-19,21-25,28H,7,10-17H2,1-5H3/b8-6+/t19?,21-,22+,23-,24+,25+,26+,27-/m1/s1. The topological polar surface area (TPSA) is 20.2 Å². The SMILES string of the molecule is CC(C)C/C=C/C(C)[C@H]1CC[C@H]2[C@@H]3CC=C4C[C@H](O)CC[C@]4(C)[C@H]3CC[C@]12C. The van der Waals surface area contributed by atoms with Crippen LogP contribution >= 0.6 is 0 Å². The van der Waals surface area contributed by atoms with Crippen molar-refractivity contribution in [2.45, 2.75) is 98.5 Å². The minimum atomic E-state index is -0.0842. The lowest BCUT2D eigenvalue weighted by molar-refractivity contribution is -0.0540. The number of aliphatic hydroxyl groups is 1. The second kappa shape index (κ2) is 7.60. The zero-order valence-corrected chi connectivity index (χ0v) is 19.1. The molecule has 0 aromatic carbocycles. The van der Waals surface area contributed by atoms with Gasteiger partial charge in [-0.1, -0.05) is 58.4 Å². The molecule has 3 fully saturated rings. The van der Waals surface area contributed by atoms with Crippen LogP contribution in [0.2, 0.25) is 0 Å². The van der Waals surface area contributed by atoms with Gasteiger partial charge in [-0.15, -0.1) is 0 Å². The summed E-state index contributed by atoms with van der Waals surface area (Å²) in [5.41, 5.74) is 2.53. The van der Waals surface area contributed by atoms with E-state index in [9.17, 15) is 5.11 Å². The Bertz CT molecular complexity index is 630. The van der Waals surface area contributed by atoms with Crippen LogP contribution in [-0.2, 0) is 0 Å². The number of fused-ring (bicyclic) bond motifs is 5. The van der Waals surface area contributed by atoms with Crippen LogP contribution in [0.25, 0.3) is 0 Å². The second-order valence-electron chi connectivity index (χ2n) is 11.8. The van der Waals surface area contributed by atoms with Crippen LogP contribution in [0.5, 0.6) is 0 Å². The second-order valence-corrected chi connectivity index (χ2v) is 11.8. The van der Waals surface area contributed by atoms with Gasteiger partial charge in [0.05, 0.1) is 6.10 Å². The predicted octanol–water partition coefficient (Wildman–Crippen LogP) is 7.16. The molecule has 4 aliphatic rings. The largest absolute Gasteiger partial charge is 0.393 e. The van der Waals surface area contributed by atoms with E-state index in [1.807, 2.05) is 0 Å². The molecular formula is C27H44O. The van der Waals surface area contributed by atoms with E-state index in [4.69, 9.17) is 0 Å². The first-order valence-corrected chi connectivity index (χ1v) is 12.3. The maximum absolute atomic E-state index is 10.2. The molecule has 4 aliphatic carbocycles. The van der Waals surface area contributed by atoms with Crippen molar-refractivity contribution in [3.05, 3.63) is 23.8 Å². The zero-order valence-electron chi connectivity index (χ0n) is 19.1. The Kier molecular flexibility index (Phi) is 5.62. The van der Waals surface area contributed by atoms with Crippen molar-refractivity contribution in [1.82, 2.24) is 0 Å². The molecule has 0 aromatic rings. The van der Waals surface area contributed by atoms with Gasteiger partial charge in [-0.05, 0) is 104 Å². The lowest BCUT2D eigenvalue weighted by atomic mass is 9.47. The van der Waals surface area contributed by atoms with E-state index in [0.29, 0.717) is 10.8 Å². The molecule has 3 saturated carbocycles. The van der Waals surface area contributed by atoms with Crippen LogP contribution < -0.4 is 0 Å². The Morgan fingerprint density at radius 3 is 2.61 bits per heavy atom. The predicted molar refractivity (Wildman–Crippen MR) is 119 cm³/mol. The van der Waals surface area contributed by atoms with Crippen molar-refractivity contribution < 1.29 is 5.11 Å². The van der Waals surface area contributed by atoms with Crippen LogP contribution in [0.4, 0.5) is 0 Å². The minimum Gasteiger partial charge on any atom is -0.393 e. The summed E-state index contributed by atoms with van der Waals surface area (Å²) in [5, 5.41) is 10.2. The number of allylic oxidation sites excluding steroid dienone is 3. The van der Waals surface area contributed by atoms with Gasteiger partial charge in [0.25, 0.3) is 0 Å². The highest BCUT2D eigenvalue weighted by Gasteiger charge is 2.58. The average Bonchev–Trinajstić information content (AvgIpc) is 2.99. The fraction of sp³-hybridized carbons (Fsp3) is 0.852. The molecule has 1 heteroatoms. The molecule has 0 heterocycles. The lowest BCUT2D eigenvalue weighted by Crippen LogP contribution is -2.50. The van der Waals surface area contributed by atoms with E-state index in [1.165, 1.54) is 44.9 Å². The lowest BCUT2D eigenvalue weighted by Gasteiger charge is -2.58. The monoisotopic (exact) mass is 384 g/mol. The molecule has 0 radical (unpaired) electrons. The van der Waals surface area contributed by atoms with Crippen molar-refractivity contribution in [2.24, 2.45) is 46.3 Å². The van der Waals surface area contributed by atoms with Crippen molar-refractivity contribution >= 4 is 0 Å². The number of hydrogen-bond donors (Lipinski definition) is 1. The molecule has 158 valence electrons. The van der Waals surface area contributed by atoms with Gasteiger partial charge < -0.3 is 5.11 Å². The molecule has 0 saturated heterocycles. The van der Waals surface area contributed by atoms with Crippen molar-refractivity contribution in [2.75, 3.05) is 0 Å². The number of hydrogen-bond acceptors (Lipinski definition) is 1. The molecule has 1 N–H and O–H groups in total. The molecule has 28 heavy (non-hydrogen) atoms. The quantitative estimate of drug-likeness (QED) is 0.510. The summed E-state index contributed by atoms with van der Waals surface area (Å²) in [7, 11) is 0. The molecule has 1 unspecified atom stereocenters. The highest BCUT2D eigenvalue weighted by molar-refractivity contribution is 5.25. The molecule has 0 bridgehead atoms. The Morgan fingerprint density at radius 1 is 1.07 bits per heavy atom. The molecule has 0 spiro atoms. The van der Waals surface area contributed by atoms with Gasteiger partial charge in [0.2, 0.25) is 0 Å². The van der Waals surface area contributed by atoms with Gasteiger partial charge in [-0.25, -0.2) is 0 Å². The highest BCUT2D eigenvalue weighted by atomic mass is 16.3. The van der Waals surface area contributed by atoms with Crippen molar-refractivity contribution in [3.8, 4) is 0 Å². The average molecular weight is 385 g/mol. The van der Waals surface area contributed by atoms with Crippen molar-refractivity contribution in [1.29, 1.82) is 0 Å². The molecule has 0 aromatic heterocycles. The summed E-state index contributed by atoms with van der Waals surface area (Å²) < 4.78 is 0. The first kappa shape index (κ1) is 20.7. The summed E-state index contributed by atoms with van der Waals surface area (Å²) in [4.78, 5) is 0. The number of rotatable bonds is 4. The normalized spacial score (nSPS) is 46.8. The molecule has 1 nitrogen and oxygen atoms in total. The smallest absolute Gasteiger partial charge is 0.0577 e. The molecule has 4 rings (SSSR count). The third-order valence-corrected chi connectivity index (χ3v) is 9.83. The summed E-state index contributed by atoms with van der Waals surface area (Å²) in [6, 6.07) is 0. The fourth-order valence-electron chi connectivity index (χ4n) is 8.25. The third kappa shape index (κ3) is 3.34. The van der Waals surface area contributed by atoms with E-state index < -0.39 is 0 Å². The van der Waals surface area contributed by atoms with Crippen LogP contribution in [0.3, 0.4) is 0 Å². The van der Waals surface area contributed by atoms with Crippen LogP contribution in [0.1, 0.15) is 92.4 Å². The third-order valence-electron chi connectivity index (χ3n) is 9.83. The molecule has 0 amide bonds. The number of aliphatic hydroxyl groups excluding tert-OH is 1. The first-order chi connectivity index (χ1) is 13.3. The van der Waals surface area contributed by atoms with Gasteiger partial charge in [-0.3, -0.25) is 0 Å². The van der Waals surface area contributed by atoms with Gasteiger partial charge in [-0.2, -0.15) is 0 Å². The Morgan fingerprint density at radius 2 is 1.86 bits per heavy atom. The maximum Gasteiger partial charge on any atom is 0.0577 e. The van der Waals surface area contributed by atoms with Crippen LogP contribution in [-0.4, -0.2) is 11.2 Å². The maximum atomic E-state index is 10.2. The Balaban J connectivity index is 1.53. The summed E-state index contributed by atoms with van der Waals surface area (Å²) >= 11 is 0. The first-order valence-electron chi connectivity index (χ1n) is 12.3. The van der Waals surface area contributed by atoms with E-state index in [2.05, 4.69) is 52.8 Å². The Labute approximate surface area is 174 Å². The summed E-state index contributed by atoms with van der Waals surface area (Å²) in [5.74, 6) is 5.03. The molecular weight excluding hydrogens is 340 g/mol. The highest BCUT2D eigenvalue weighted by Crippen LogP contribution is 2.67. The Hall–Kier alpha value is -0.560. The summed E-state index contributed by atoms with van der Waals surface area (Å²) in [6.45, 7) is 12.3. The van der Waals surface area contributed by atoms with E-state index >= 15 is 0 Å². The van der Waals surface area contributed by atoms with Gasteiger partial charge in [0.15, 0.2) is 0 Å².